The van der Waals surface area contributed by atoms with Crippen molar-refractivity contribution in [3.8, 4) is 0 Å². The van der Waals surface area contributed by atoms with Crippen molar-refractivity contribution in [3.63, 3.8) is 0 Å². The number of rotatable bonds is 3. The monoisotopic (exact) mass is 126 g/mol. The van der Waals surface area contributed by atoms with Crippen LogP contribution in [0.1, 0.15) is 27.2 Å². The van der Waals surface area contributed by atoms with Gasteiger partial charge in [-0.25, -0.2) is 0 Å². The summed E-state index contributed by atoms with van der Waals surface area (Å²) in [6.07, 6.45) is 1.03. The van der Waals surface area contributed by atoms with Crippen LogP contribution in [0.5, 0.6) is 0 Å². The van der Waals surface area contributed by atoms with E-state index in [0.717, 1.165) is 12.3 Å². The predicted octanol–water partition coefficient (Wildman–Crippen LogP) is 2.95. The summed E-state index contributed by atoms with van der Waals surface area (Å²) in [5.41, 5.74) is 0. The minimum Gasteiger partial charge on any atom is -0.0622 e. The molecular weight excluding hydrogens is 108 g/mol. The smallest absolute Gasteiger partial charge is 0.0391 e. The molecule has 0 aromatic rings. The lowest BCUT2D eigenvalue weighted by Gasteiger charge is -2.21. The van der Waals surface area contributed by atoms with Gasteiger partial charge in [0.15, 0.2) is 0 Å². The van der Waals surface area contributed by atoms with E-state index in [9.17, 15) is 0 Å². The molecular formula is C9H18. The number of hydrogen-bond donors (Lipinski definition) is 0. The van der Waals surface area contributed by atoms with Crippen molar-refractivity contribution in [1.29, 1.82) is 0 Å². The summed E-state index contributed by atoms with van der Waals surface area (Å²) in [6, 6.07) is 0. The van der Waals surface area contributed by atoms with Gasteiger partial charge in [-0.05, 0) is 17.8 Å². The Bertz CT molecular complexity index is 64.4. The van der Waals surface area contributed by atoms with Crippen LogP contribution >= 0.6 is 0 Å². The second-order valence-corrected chi connectivity index (χ2v) is 3.10. The van der Waals surface area contributed by atoms with Crippen LogP contribution in [-0.4, -0.2) is 0 Å². The maximum Gasteiger partial charge on any atom is -0.0391 e. The maximum absolute atomic E-state index is 3.98. The normalized spacial score (nSPS) is 18.0. The fraction of sp³-hybridized carbons (Fsp3) is 0.778. The molecule has 0 aliphatic carbocycles. The SMILES string of the molecule is [CH2]CC(C)C(C)C([CH2])C. The summed E-state index contributed by atoms with van der Waals surface area (Å²) in [6.45, 7) is 14.5. The van der Waals surface area contributed by atoms with Crippen LogP contribution in [0.3, 0.4) is 0 Å². The quantitative estimate of drug-likeness (QED) is 0.545. The highest BCUT2D eigenvalue weighted by atomic mass is 14.2. The first-order valence-electron chi connectivity index (χ1n) is 3.72. The molecule has 0 N–H and O–H groups in total. The third kappa shape index (κ3) is 2.88. The molecule has 0 aromatic carbocycles. The first kappa shape index (κ1) is 9.00. The molecule has 0 aliphatic heterocycles. The lowest BCUT2D eigenvalue weighted by Crippen LogP contribution is -2.13. The number of hydrogen-bond acceptors (Lipinski definition) is 0. The van der Waals surface area contributed by atoms with Gasteiger partial charge in [0, 0.05) is 0 Å². The molecule has 3 unspecified atom stereocenters. The van der Waals surface area contributed by atoms with E-state index >= 15 is 0 Å². The van der Waals surface area contributed by atoms with Gasteiger partial charge in [-0.2, -0.15) is 0 Å². The molecule has 0 heteroatoms. The standard InChI is InChI=1S/C9H18/c1-6-8(4)9(5)7(2)3/h7-9H,1-2,6H2,3-5H3. The topological polar surface area (TPSA) is 0 Å². The van der Waals surface area contributed by atoms with Crippen molar-refractivity contribution in [3.05, 3.63) is 13.8 Å². The Morgan fingerprint density at radius 2 is 1.67 bits per heavy atom. The van der Waals surface area contributed by atoms with Gasteiger partial charge >= 0.3 is 0 Å². The average molecular weight is 126 g/mol. The molecule has 54 valence electrons. The molecule has 9 heavy (non-hydrogen) atoms. The van der Waals surface area contributed by atoms with Crippen molar-refractivity contribution < 1.29 is 0 Å². The molecule has 0 saturated heterocycles. The van der Waals surface area contributed by atoms with Crippen molar-refractivity contribution in [2.24, 2.45) is 17.8 Å². The molecule has 0 heterocycles. The molecule has 0 bridgehead atoms. The second kappa shape index (κ2) is 3.92. The molecule has 0 saturated carbocycles. The van der Waals surface area contributed by atoms with Crippen molar-refractivity contribution in [1.82, 2.24) is 0 Å². The summed E-state index contributed by atoms with van der Waals surface area (Å²) >= 11 is 0. The third-order valence-corrected chi connectivity index (χ3v) is 2.25. The van der Waals surface area contributed by atoms with Crippen LogP contribution < -0.4 is 0 Å². The van der Waals surface area contributed by atoms with E-state index in [2.05, 4.69) is 34.6 Å². The first-order chi connectivity index (χ1) is 4.09. The Hall–Kier alpha value is 0. The van der Waals surface area contributed by atoms with E-state index in [1.807, 2.05) is 0 Å². The molecule has 0 amide bonds. The van der Waals surface area contributed by atoms with E-state index in [1.165, 1.54) is 0 Å². The molecule has 0 aliphatic rings. The van der Waals surface area contributed by atoms with Crippen LogP contribution in [0.4, 0.5) is 0 Å². The minimum absolute atomic E-state index is 0.557. The first-order valence-corrected chi connectivity index (χ1v) is 3.72. The second-order valence-electron chi connectivity index (χ2n) is 3.10. The van der Waals surface area contributed by atoms with Crippen molar-refractivity contribution in [2.75, 3.05) is 0 Å². The Labute approximate surface area is 59.7 Å². The van der Waals surface area contributed by atoms with E-state index < -0.39 is 0 Å². The Kier molecular flexibility index (Phi) is 3.92. The van der Waals surface area contributed by atoms with Gasteiger partial charge in [0.1, 0.15) is 0 Å². The summed E-state index contributed by atoms with van der Waals surface area (Å²) in [5, 5.41) is 0. The van der Waals surface area contributed by atoms with Gasteiger partial charge in [0.05, 0.1) is 0 Å². The van der Waals surface area contributed by atoms with Gasteiger partial charge in [-0.15, -0.1) is 0 Å². The van der Waals surface area contributed by atoms with Crippen LogP contribution in [0.25, 0.3) is 0 Å². The molecule has 0 spiro atoms. The lowest BCUT2D eigenvalue weighted by atomic mass is 9.85. The largest absolute Gasteiger partial charge is 0.0622 e. The third-order valence-electron chi connectivity index (χ3n) is 2.25. The molecule has 0 nitrogen and oxygen atoms in total. The Morgan fingerprint density at radius 3 is 1.78 bits per heavy atom. The van der Waals surface area contributed by atoms with E-state index in [1.54, 1.807) is 0 Å². The molecule has 0 aromatic heterocycles. The highest BCUT2D eigenvalue weighted by Gasteiger charge is 2.12. The van der Waals surface area contributed by atoms with Gasteiger partial charge in [-0.1, -0.05) is 41.0 Å². The lowest BCUT2D eigenvalue weighted by molar-refractivity contribution is 0.319. The van der Waals surface area contributed by atoms with Gasteiger partial charge in [0.2, 0.25) is 0 Å². The summed E-state index contributed by atoms with van der Waals surface area (Å²) in [5.74, 6) is 1.99. The van der Waals surface area contributed by atoms with Crippen LogP contribution in [-0.2, 0) is 0 Å². The van der Waals surface area contributed by atoms with E-state index in [0.29, 0.717) is 11.8 Å². The predicted molar refractivity (Wildman–Crippen MR) is 42.8 cm³/mol. The summed E-state index contributed by atoms with van der Waals surface area (Å²) < 4.78 is 0. The van der Waals surface area contributed by atoms with E-state index in [-0.39, 0.29) is 0 Å². The zero-order valence-corrected chi connectivity index (χ0v) is 6.85. The van der Waals surface area contributed by atoms with Crippen LogP contribution in [0.2, 0.25) is 0 Å². The van der Waals surface area contributed by atoms with Gasteiger partial charge in [-0.3, -0.25) is 0 Å². The fourth-order valence-corrected chi connectivity index (χ4v) is 0.824. The minimum atomic E-state index is 0.557. The zero-order valence-electron chi connectivity index (χ0n) is 6.85. The zero-order chi connectivity index (χ0) is 7.44. The van der Waals surface area contributed by atoms with Gasteiger partial charge in [0.25, 0.3) is 0 Å². The van der Waals surface area contributed by atoms with Crippen molar-refractivity contribution >= 4 is 0 Å². The fourth-order valence-electron chi connectivity index (χ4n) is 0.824. The molecule has 3 atom stereocenters. The highest BCUT2D eigenvalue weighted by Crippen LogP contribution is 2.21. The van der Waals surface area contributed by atoms with Crippen LogP contribution in [0.15, 0.2) is 0 Å². The Morgan fingerprint density at radius 1 is 1.22 bits per heavy atom. The highest BCUT2D eigenvalue weighted by molar-refractivity contribution is 4.69. The Balaban J connectivity index is 3.58. The van der Waals surface area contributed by atoms with Gasteiger partial charge < -0.3 is 0 Å². The van der Waals surface area contributed by atoms with Crippen molar-refractivity contribution in [2.45, 2.75) is 27.2 Å². The molecule has 0 rings (SSSR count). The van der Waals surface area contributed by atoms with Crippen LogP contribution in [0, 0.1) is 31.6 Å². The van der Waals surface area contributed by atoms with E-state index in [4.69, 9.17) is 0 Å². The average Bonchev–Trinajstić information content (AvgIpc) is 1.84. The maximum atomic E-state index is 3.98. The summed E-state index contributed by atoms with van der Waals surface area (Å²) in [4.78, 5) is 0. The molecule has 0 fully saturated rings. The molecule has 2 radical (unpaired) electrons. The summed E-state index contributed by atoms with van der Waals surface area (Å²) in [7, 11) is 0.